The fourth-order valence-electron chi connectivity index (χ4n) is 1.88. The Balaban J connectivity index is 1.85. The van der Waals surface area contributed by atoms with Gasteiger partial charge in [-0.1, -0.05) is 48.5 Å². The van der Waals surface area contributed by atoms with Crippen molar-refractivity contribution in [2.75, 3.05) is 0 Å². The minimum absolute atomic E-state index is 0.0126. The number of carbonyl (C=O) groups is 1. The second-order valence-corrected chi connectivity index (χ2v) is 6.11. The van der Waals surface area contributed by atoms with Gasteiger partial charge in [0.15, 0.2) is 0 Å². The minimum Gasteiger partial charge on any atom is -0.342 e. The summed E-state index contributed by atoms with van der Waals surface area (Å²) in [7, 11) is -4.00. The lowest BCUT2D eigenvalue weighted by Crippen LogP contribution is -2.13. The molecule has 0 N–H and O–H groups in total. The molecule has 0 aliphatic carbocycles. The maximum absolute atomic E-state index is 11.8. The van der Waals surface area contributed by atoms with Crippen LogP contribution in [0, 0.1) is 0 Å². The summed E-state index contributed by atoms with van der Waals surface area (Å²) in [6, 6.07) is 17.3. The molecule has 21 heavy (non-hydrogen) atoms. The van der Waals surface area contributed by atoms with Gasteiger partial charge in [-0.05, 0) is 30.5 Å². The van der Waals surface area contributed by atoms with E-state index in [9.17, 15) is 13.2 Å². The molecule has 110 valence electrons. The molecule has 2 aromatic carbocycles. The fourth-order valence-corrected chi connectivity index (χ4v) is 2.80. The van der Waals surface area contributed by atoms with Crippen LogP contribution in [0.5, 0.6) is 0 Å². The van der Waals surface area contributed by atoms with E-state index in [4.69, 9.17) is 0 Å². The van der Waals surface area contributed by atoms with E-state index in [1.165, 1.54) is 12.1 Å². The predicted octanol–water partition coefficient (Wildman–Crippen LogP) is 2.94. The van der Waals surface area contributed by atoms with Crippen LogP contribution in [0.4, 0.5) is 0 Å². The molecule has 0 radical (unpaired) electrons. The SMILES string of the molecule is O=C(CCCc1ccccc1)OS(=O)(=O)c1ccccc1. The number of hydrogen-bond donors (Lipinski definition) is 0. The zero-order valence-corrected chi connectivity index (χ0v) is 12.3. The predicted molar refractivity (Wildman–Crippen MR) is 79.1 cm³/mol. The summed E-state index contributed by atoms with van der Waals surface area (Å²) >= 11 is 0. The van der Waals surface area contributed by atoms with Crippen molar-refractivity contribution in [3.63, 3.8) is 0 Å². The fraction of sp³-hybridized carbons (Fsp3) is 0.188. The van der Waals surface area contributed by atoms with E-state index in [0.717, 1.165) is 5.56 Å². The smallest absolute Gasteiger partial charge is 0.341 e. The zero-order valence-electron chi connectivity index (χ0n) is 11.4. The molecular formula is C16H16O4S. The van der Waals surface area contributed by atoms with Crippen LogP contribution in [0.1, 0.15) is 18.4 Å². The monoisotopic (exact) mass is 304 g/mol. The van der Waals surface area contributed by atoms with E-state index < -0.39 is 16.1 Å². The van der Waals surface area contributed by atoms with Crippen molar-refractivity contribution >= 4 is 16.1 Å². The average molecular weight is 304 g/mol. The first-order chi connectivity index (χ1) is 10.1. The van der Waals surface area contributed by atoms with Crippen LogP contribution in [0.3, 0.4) is 0 Å². The number of benzene rings is 2. The lowest BCUT2D eigenvalue weighted by Gasteiger charge is -2.05. The summed E-state index contributed by atoms with van der Waals surface area (Å²) in [5.41, 5.74) is 1.11. The number of rotatable bonds is 6. The first-order valence-corrected chi connectivity index (χ1v) is 8.05. The molecule has 0 spiro atoms. The third-order valence-electron chi connectivity index (χ3n) is 2.92. The van der Waals surface area contributed by atoms with Gasteiger partial charge in [0.25, 0.3) is 0 Å². The maximum Gasteiger partial charge on any atom is 0.341 e. The van der Waals surface area contributed by atoms with Crippen LogP contribution in [0.25, 0.3) is 0 Å². The van der Waals surface area contributed by atoms with Gasteiger partial charge in [0.05, 0.1) is 0 Å². The van der Waals surface area contributed by atoms with Crippen LogP contribution in [-0.4, -0.2) is 14.4 Å². The molecule has 0 heterocycles. The van der Waals surface area contributed by atoms with Crippen molar-refractivity contribution in [2.45, 2.75) is 24.2 Å². The Morgan fingerprint density at radius 3 is 2.10 bits per heavy atom. The summed E-state index contributed by atoms with van der Waals surface area (Å²) < 4.78 is 28.3. The Morgan fingerprint density at radius 1 is 0.905 bits per heavy atom. The summed E-state index contributed by atoms with van der Waals surface area (Å²) in [6.45, 7) is 0. The molecule has 0 unspecified atom stereocenters. The topological polar surface area (TPSA) is 60.4 Å². The van der Waals surface area contributed by atoms with Gasteiger partial charge < -0.3 is 4.18 Å². The van der Waals surface area contributed by atoms with E-state index in [1.807, 2.05) is 30.3 Å². The quantitative estimate of drug-likeness (QED) is 0.770. The van der Waals surface area contributed by atoms with Crippen molar-refractivity contribution in [1.29, 1.82) is 0 Å². The number of carbonyl (C=O) groups excluding carboxylic acids is 1. The van der Waals surface area contributed by atoms with Crippen molar-refractivity contribution in [2.24, 2.45) is 0 Å². The van der Waals surface area contributed by atoms with Crippen molar-refractivity contribution in [3.8, 4) is 0 Å². The van der Waals surface area contributed by atoms with Gasteiger partial charge in [0.2, 0.25) is 0 Å². The molecule has 0 atom stereocenters. The Morgan fingerprint density at radius 2 is 1.48 bits per heavy atom. The highest BCUT2D eigenvalue weighted by Crippen LogP contribution is 2.13. The van der Waals surface area contributed by atoms with E-state index in [0.29, 0.717) is 12.8 Å². The van der Waals surface area contributed by atoms with Crippen molar-refractivity contribution in [3.05, 3.63) is 66.2 Å². The lowest BCUT2D eigenvalue weighted by atomic mass is 10.1. The Hall–Kier alpha value is -2.14. The van der Waals surface area contributed by atoms with Crippen LogP contribution >= 0.6 is 0 Å². The third-order valence-corrected chi connectivity index (χ3v) is 4.18. The standard InChI is InChI=1S/C16H16O4S/c17-16(13-7-10-14-8-3-1-4-9-14)20-21(18,19)15-11-5-2-6-12-15/h1-6,8-9,11-12H,7,10,13H2. The molecule has 0 saturated heterocycles. The first-order valence-electron chi connectivity index (χ1n) is 6.64. The summed E-state index contributed by atoms with van der Waals surface area (Å²) in [5.74, 6) is -0.727. The second kappa shape index (κ2) is 7.04. The van der Waals surface area contributed by atoms with Gasteiger partial charge in [-0.15, -0.1) is 0 Å². The summed E-state index contributed by atoms with van der Waals surface area (Å²) in [6.07, 6.45) is 1.33. The van der Waals surface area contributed by atoms with E-state index in [2.05, 4.69) is 4.18 Å². The minimum atomic E-state index is -4.00. The zero-order chi connectivity index (χ0) is 15.1. The van der Waals surface area contributed by atoms with E-state index >= 15 is 0 Å². The normalized spacial score (nSPS) is 11.0. The van der Waals surface area contributed by atoms with Gasteiger partial charge in [0, 0.05) is 6.42 Å². The molecule has 0 bridgehead atoms. The van der Waals surface area contributed by atoms with Crippen LogP contribution in [0.15, 0.2) is 65.6 Å². The average Bonchev–Trinajstić information content (AvgIpc) is 2.49. The molecule has 0 fully saturated rings. The number of aryl methyl sites for hydroxylation is 1. The highest BCUT2D eigenvalue weighted by atomic mass is 32.2. The molecule has 0 saturated carbocycles. The van der Waals surface area contributed by atoms with Gasteiger partial charge in [-0.25, -0.2) is 0 Å². The molecule has 2 rings (SSSR count). The highest BCUT2D eigenvalue weighted by Gasteiger charge is 2.19. The molecule has 0 amide bonds. The lowest BCUT2D eigenvalue weighted by molar-refractivity contribution is -0.133. The second-order valence-electron chi connectivity index (χ2n) is 4.56. The van der Waals surface area contributed by atoms with Gasteiger partial charge in [0.1, 0.15) is 4.90 Å². The summed E-state index contributed by atoms with van der Waals surface area (Å²) in [4.78, 5) is 11.6. The third kappa shape index (κ3) is 4.72. The van der Waals surface area contributed by atoms with Gasteiger partial charge in [-0.2, -0.15) is 8.42 Å². The van der Waals surface area contributed by atoms with Crippen LogP contribution < -0.4 is 0 Å². The molecule has 0 aliphatic heterocycles. The van der Waals surface area contributed by atoms with Crippen molar-refractivity contribution < 1.29 is 17.4 Å². The van der Waals surface area contributed by atoms with Gasteiger partial charge >= 0.3 is 16.1 Å². The molecule has 2 aromatic rings. The Kier molecular flexibility index (Phi) is 5.11. The largest absolute Gasteiger partial charge is 0.342 e. The van der Waals surface area contributed by atoms with Crippen LogP contribution in [0.2, 0.25) is 0 Å². The van der Waals surface area contributed by atoms with Gasteiger partial charge in [-0.3, -0.25) is 4.79 Å². The number of hydrogen-bond acceptors (Lipinski definition) is 4. The highest BCUT2D eigenvalue weighted by molar-refractivity contribution is 7.87. The molecular weight excluding hydrogens is 288 g/mol. The molecule has 4 nitrogen and oxygen atoms in total. The van der Waals surface area contributed by atoms with Crippen molar-refractivity contribution in [1.82, 2.24) is 0 Å². The first kappa shape index (κ1) is 15.3. The molecule has 0 aromatic heterocycles. The van der Waals surface area contributed by atoms with E-state index in [1.54, 1.807) is 18.2 Å². The van der Waals surface area contributed by atoms with Crippen LogP contribution in [-0.2, 0) is 25.5 Å². The molecule has 5 heteroatoms. The van der Waals surface area contributed by atoms with E-state index in [-0.39, 0.29) is 11.3 Å². The molecule has 0 aliphatic rings. The Labute approximate surface area is 124 Å². The maximum atomic E-state index is 11.8. The Bertz CT molecular complexity index is 679. The summed E-state index contributed by atoms with van der Waals surface area (Å²) in [5, 5.41) is 0.